The molecule has 0 aromatic heterocycles. The standard InChI is InChI=1S/C31H31NO9/c1-3-19-39-31(36)32-24-11-7-22(8-12-24)29(34)40-26-15-17-27(18-16-26)41-30(35)23-9-13-25(14-10-23)37-20-5-6-21-38-28(33)4-2/h3-4,7-15,17H,1-2,5-6,16,18-21H2,(H,32,36). The summed E-state index contributed by atoms with van der Waals surface area (Å²) in [6, 6.07) is 12.8. The summed E-state index contributed by atoms with van der Waals surface area (Å²) in [4.78, 5) is 47.6. The van der Waals surface area contributed by atoms with Crippen LogP contribution in [0.2, 0.25) is 0 Å². The minimum absolute atomic E-state index is 0.0878. The van der Waals surface area contributed by atoms with Crippen LogP contribution in [-0.4, -0.2) is 43.8 Å². The molecule has 1 aliphatic rings. The number of hydrogen-bond acceptors (Lipinski definition) is 9. The number of anilines is 1. The summed E-state index contributed by atoms with van der Waals surface area (Å²) in [5.41, 5.74) is 1.13. The third-order valence-electron chi connectivity index (χ3n) is 5.53. The molecule has 2 aromatic rings. The van der Waals surface area contributed by atoms with Gasteiger partial charge in [-0.25, -0.2) is 19.2 Å². The van der Waals surface area contributed by atoms with Crippen molar-refractivity contribution in [2.75, 3.05) is 25.1 Å². The molecule has 0 heterocycles. The predicted octanol–water partition coefficient (Wildman–Crippen LogP) is 5.88. The second-order valence-electron chi connectivity index (χ2n) is 8.59. The predicted molar refractivity (Wildman–Crippen MR) is 150 cm³/mol. The van der Waals surface area contributed by atoms with E-state index in [-0.39, 0.29) is 6.61 Å². The van der Waals surface area contributed by atoms with Gasteiger partial charge < -0.3 is 23.7 Å². The Morgan fingerprint density at radius 3 is 1.85 bits per heavy atom. The van der Waals surface area contributed by atoms with Crippen molar-refractivity contribution in [3.8, 4) is 5.75 Å². The number of allylic oxidation sites excluding steroid dienone is 4. The van der Waals surface area contributed by atoms with Crippen LogP contribution >= 0.6 is 0 Å². The Hall–Kier alpha value is -5.12. The maximum Gasteiger partial charge on any atom is 0.411 e. The average molecular weight is 562 g/mol. The van der Waals surface area contributed by atoms with Gasteiger partial charge in [-0.2, -0.15) is 0 Å². The maximum absolute atomic E-state index is 12.5. The van der Waals surface area contributed by atoms with Crippen molar-refractivity contribution in [1.82, 2.24) is 0 Å². The minimum atomic E-state index is -0.629. The van der Waals surface area contributed by atoms with E-state index < -0.39 is 24.0 Å². The summed E-state index contributed by atoms with van der Waals surface area (Å²) in [5.74, 6) is -0.0209. The highest BCUT2D eigenvalue weighted by molar-refractivity contribution is 5.92. The molecule has 0 atom stereocenters. The smallest absolute Gasteiger partial charge is 0.411 e. The summed E-state index contributed by atoms with van der Waals surface area (Å²) < 4.78 is 26.3. The molecule has 0 spiro atoms. The van der Waals surface area contributed by atoms with Gasteiger partial charge in [0.2, 0.25) is 0 Å². The fourth-order valence-corrected chi connectivity index (χ4v) is 3.42. The number of amides is 1. The number of rotatable bonds is 14. The van der Waals surface area contributed by atoms with Crippen LogP contribution in [0.5, 0.6) is 5.75 Å². The van der Waals surface area contributed by atoms with Crippen LogP contribution in [0.3, 0.4) is 0 Å². The molecule has 0 fully saturated rings. The van der Waals surface area contributed by atoms with Crippen molar-refractivity contribution in [1.29, 1.82) is 0 Å². The van der Waals surface area contributed by atoms with E-state index in [1.807, 2.05) is 0 Å². The molecule has 2 aromatic carbocycles. The maximum atomic E-state index is 12.5. The quantitative estimate of drug-likeness (QED) is 0.0988. The van der Waals surface area contributed by atoms with E-state index in [1.54, 1.807) is 48.6 Å². The lowest BCUT2D eigenvalue weighted by Crippen LogP contribution is -2.14. The van der Waals surface area contributed by atoms with Gasteiger partial charge in [0.05, 0.1) is 24.3 Å². The first kappa shape index (κ1) is 30.4. The van der Waals surface area contributed by atoms with E-state index in [0.717, 1.165) is 6.08 Å². The lowest BCUT2D eigenvalue weighted by atomic mass is 10.1. The van der Waals surface area contributed by atoms with Crippen molar-refractivity contribution >= 4 is 29.7 Å². The molecule has 0 saturated carbocycles. The summed E-state index contributed by atoms with van der Waals surface area (Å²) in [7, 11) is 0. The molecule has 1 amide bonds. The Kier molecular flexibility index (Phi) is 11.9. The molecular formula is C31H31NO9. The van der Waals surface area contributed by atoms with E-state index in [2.05, 4.69) is 18.5 Å². The van der Waals surface area contributed by atoms with Crippen LogP contribution in [0, 0.1) is 0 Å². The molecule has 214 valence electrons. The highest BCUT2D eigenvalue weighted by Gasteiger charge is 2.17. The molecule has 3 rings (SSSR count). The summed E-state index contributed by atoms with van der Waals surface area (Å²) in [5, 5.41) is 2.53. The summed E-state index contributed by atoms with van der Waals surface area (Å²) in [6.07, 6.45) is 7.24. The average Bonchev–Trinajstić information content (AvgIpc) is 2.99. The van der Waals surface area contributed by atoms with Gasteiger partial charge in [-0.1, -0.05) is 19.2 Å². The molecule has 1 N–H and O–H groups in total. The first-order valence-electron chi connectivity index (χ1n) is 12.9. The molecule has 0 saturated heterocycles. The van der Waals surface area contributed by atoms with E-state index in [4.69, 9.17) is 23.7 Å². The first-order chi connectivity index (χ1) is 19.9. The Morgan fingerprint density at radius 1 is 0.756 bits per heavy atom. The van der Waals surface area contributed by atoms with Crippen LogP contribution in [-0.2, 0) is 23.7 Å². The molecule has 0 radical (unpaired) electrons. The fraction of sp³-hybridized carbons (Fsp3) is 0.226. The van der Waals surface area contributed by atoms with Gasteiger partial charge in [-0.05, 0) is 73.5 Å². The van der Waals surface area contributed by atoms with E-state index >= 15 is 0 Å². The van der Waals surface area contributed by atoms with Gasteiger partial charge in [0.15, 0.2) is 0 Å². The summed E-state index contributed by atoms with van der Waals surface area (Å²) >= 11 is 0. The number of carbonyl (C=O) groups is 4. The third kappa shape index (κ3) is 10.5. The largest absolute Gasteiger partial charge is 0.494 e. The van der Waals surface area contributed by atoms with Crippen molar-refractivity contribution < 1.29 is 42.9 Å². The van der Waals surface area contributed by atoms with Crippen LogP contribution in [0.15, 0.2) is 97.5 Å². The minimum Gasteiger partial charge on any atom is -0.494 e. The zero-order chi connectivity index (χ0) is 29.5. The number of esters is 3. The van der Waals surface area contributed by atoms with Crippen LogP contribution in [0.4, 0.5) is 10.5 Å². The topological polar surface area (TPSA) is 126 Å². The van der Waals surface area contributed by atoms with E-state index in [0.29, 0.717) is 73.0 Å². The van der Waals surface area contributed by atoms with E-state index in [1.165, 1.54) is 18.2 Å². The number of ether oxygens (including phenoxy) is 5. The van der Waals surface area contributed by atoms with Crippen molar-refractivity contribution in [2.45, 2.75) is 25.7 Å². The molecular weight excluding hydrogens is 530 g/mol. The Morgan fingerprint density at radius 2 is 1.32 bits per heavy atom. The molecule has 10 heteroatoms. The fourth-order valence-electron chi connectivity index (χ4n) is 3.42. The van der Waals surface area contributed by atoms with E-state index in [9.17, 15) is 19.2 Å². The molecule has 41 heavy (non-hydrogen) atoms. The number of unbranched alkanes of at least 4 members (excludes halogenated alkanes) is 1. The number of hydrogen-bond donors (Lipinski definition) is 1. The SMILES string of the molecule is C=CCOC(=O)Nc1ccc(C(=O)OC2=CC=C(OC(=O)c3ccc(OCCCCOC(=O)C=C)cc3)CC2)cc1. The van der Waals surface area contributed by atoms with Crippen molar-refractivity contribution in [3.63, 3.8) is 0 Å². The van der Waals surface area contributed by atoms with Gasteiger partial charge in [0.25, 0.3) is 0 Å². The second-order valence-corrected chi connectivity index (χ2v) is 8.59. The molecule has 0 aliphatic heterocycles. The van der Waals surface area contributed by atoms with Gasteiger partial charge in [0, 0.05) is 24.6 Å². The Balaban J connectivity index is 1.42. The monoisotopic (exact) mass is 561 g/mol. The highest BCUT2D eigenvalue weighted by atomic mass is 16.6. The Labute approximate surface area is 237 Å². The van der Waals surface area contributed by atoms with Crippen molar-refractivity contribution in [3.05, 3.63) is 109 Å². The third-order valence-corrected chi connectivity index (χ3v) is 5.53. The molecule has 10 nitrogen and oxygen atoms in total. The zero-order valence-corrected chi connectivity index (χ0v) is 22.5. The summed E-state index contributed by atoms with van der Waals surface area (Å²) in [6.45, 7) is 7.64. The van der Waals surface area contributed by atoms with Crippen molar-refractivity contribution in [2.24, 2.45) is 0 Å². The van der Waals surface area contributed by atoms with Crippen LogP contribution in [0.25, 0.3) is 0 Å². The number of carbonyl (C=O) groups excluding carboxylic acids is 4. The van der Waals surface area contributed by atoms with Crippen LogP contribution in [0.1, 0.15) is 46.4 Å². The molecule has 0 bridgehead atoms. The molecule has 0 unspecified atom stereocenters. The van der Waals surface area contributed by atoms with Crippen LogP contribution < -0.4 is 10.1 Å². The lowest BCUT2D eigenvalue weighted by molar-refractivity contribution is -0.137. The molecule has 1 aliphatic carbocycles. The zero-order valence-electron chi connectivity index (χ0n) is 22.5. The number of nitrogens with one attached hydrogen (secondary N) is 1. The Bertz CT molecular complexity index is 1310. The number of benzene rings is 2. The van der Waals surface area contributed by atoms with Gasteiger partial charge in [-0.15, -0.1) is 0 Å². The first-order valence-corrected chi connectivity index (χ1v) is 12.9. The van der Waals surface area contributed by atoms with Gasteiger partial charge in [0.1, 0.15) is 23.9 Å². The van der Waals surface area contributed by atoms with Gasteiger partial charge >= 0.3 is 24.0 Å². The van der Waals surface area contributed by atoms with Gasteiger partial charge in [-0.3, -0.25) is 5.32 Å². The highest BCUT2D eigenvalue weighted by Crippen LogP contribution is 2.23. The lowest BCUT2D eigenvalue weighted by Gasteiger charge is -2.15. The second kappa shape index (κ2) is 16.1. The normalized spacial score (nSPS) is 12.1.